The molecule has 0 aliphatic heterocycles. The van der Waals surface area contributed by atoms with Gasteiger partial charge in [-0.15, -0.1) is 28.6 Å². The fourth-order valence-corrected chi connectivity index (χ4v) is 3.48. The molecule has 0 radical (unpaired) electrons. The predicted molar refractivity (Wildman–Crippen MR) is 106 cm³/mol. The topological polar surface area (TPSA) is 68.0 Å². The molecule has 0 atom stereocenters. The third-order valence-electron chi connectivity index (χ3n) is 3.61. The van der Waals surface area contributed by atoms with E-state index in [1.165, 1.54) is 4.90 Å². The summed E-state index contributed by atoms with van der Waals surface area (Å²) in [4.78, 5) is 14.6. The van der Waals surface area contributed by atoms with E-state index in [-0.39, 0.29) is 11.9 Å². The molecule has 0 saturated carbocycles. The van der Waals surface area contributed by atoms with E-state index >= 15 is 0 Å². The van der Waals surface area contributed by atoms with Crippen molar-refractivity contribution in [2.45, 2.75) is 23.1 Å². The maximum atomic E-state index is 12.4. The summed E-state index contributed by atoms with van der Waals surface area (Å²) in [5.74, 6) is 1.16. The number of rotatable bonds is 7. The molecule has 5 nitrogen and oxygen atoms in total. The van der Waals surface area contributed by atoms with Crippen LogP contribution in [0.3, 0.4) is 0 Å². The quantitative estimate of drug-likeness (QED) is 0.592. The number of nitrogens with zero attached hydrogens (tertiary/aromatic N) is 2. The van der Waals surface area contributed by atoms with Crippen LogP contribution in [0, 0.1) is 0 Å². The number of hydrogen-bond acceptors (Lipinski definition) is 6. The molecule has 134 valence electrons. The fraction of sp³-hybridized carbons (Fsp3) is 0.211. The molecule has 1 aromatic heterocycles. The smallest absolute Gasteiger partial charge is 0.322 e. The highest BCUT2D eigenvalue weighted by molar-refractivity contribution is 7.99. The summed E-state index contributed by atoms with van der Waals surface area (Å²) in [5.41, 5.74) is 1.64. The van der Waals surface area contributed by atoms with Gasteiger partial charge in [0.05, 0.1) is 6.42 Å². The van der Waals surface area contributed by atoms with Gasteiger partial charge in [-0.1, -0.05) is 30.2 Å². The Balaban J connectivity index is 1.64. The van der Waals surface area contributed by atoms with E-state index in [4.69, 9.17) is 4.42 Å². The Hall–Kier alpha value is -2.25. The molecular weight excluding hydrogens is 366 g/mol. The number of amides is 1. The van der Waals surface area contributed by atoms with Gasteiger partial charge in [0, 0.05) is 15.4 Å². The van der Waals surface area contributed by atoms with E-state index in [1.807, 2.05) is 36.6 Å². The maximum absolute atomic E-state index is 12.4. The van der Waals surface area contributed by atoms with Crippen molar-refractivity contribution in [1.82, 2.24) is 10.2 Å². The van der Waals surface area contributed by atoms with Crippen molar-refractivity contribution in [3.63, 3.8) is 0 Å². The average molecular weight is 386 g/mol. The first-order valence-electron chi connectivity index (χ1n) is 8.17. The molecule has 0 unspecified atom stereocenters. The van der Waals surface area contributed by atoms with Gasteiger partial charge in [0.15, 0.2) is 0 Å². The van der Waals surface area contributed by atoms with Crippen molar-refractivity contribution in [2.24, 2.45) is 0 Å². The molecule has 0 bridgehead atoms. The highest BCUT2D eigenvalue weighted by Gasteiger charge is 2.12. The van der Waals surface area contributed by atoms with Crippen molar-refractivity contribution in [3.05, 3.63) is 65.5 Å². The zero-order valence-corrected chi connectivity index (χ0v) is 16.2. The molecule has 2 aromatic carbocycles. The van der Waals surface area contributed by atoms with Crippen LogP contribution in [0.2, 0.25) is 0 Å². The number of nitrogens with one attached hydrogen (secondary N) is 1. The van der Waals surface area contributed by atoms with Crippen molar-refractivity contribution in [2.75, 3.05) is 17.3 Å². The molecule has 0 fully saturated rings. The Bertz CT molecular complexity index is 879. The minimum absolute atomic E-state index is 0.110. The largest absolute Gasteiger partial charge is 0.407 e. The second-order valence-corrected chi connectivity index (χ2v) is 7.66. The molecule has 3 rings (SSSR count). The van der Waals surface area contributed by atoms with Crippen molar-refractivity contribution in [3.8, 4) is 0 Å². The first kappa shape index (κ1) is 18.5. The molecule has 1 N–H and O–H groups in total. The van der Waals surface area contributed by atoms with Crippen molar-refractivity contribution >= 4 is 35.4 Å². The number of benzene rings is 2. The SMILES string of the molecule is CCSc1cccc(C(=O)Nc2nnc(Cc3ccc(SC)cc3)o2)c1. The highest BCUT2D eigenvalue weighted by atomic mass is 32.2. The van der Waals surface area contributed by atoms with Crippen molar-refractivity contribution in [1.29, 1.82) is 0 Å². The Morgan fingerprint density at radius 2 is 1.92 bits per heavy atom. The van der Waals surface area contributed by atoms with E-state index in [1.54, 1.807) is 29.6 Å². The van der Waals surface area contributed by atoms with E-state index in [0.717, 1.165) is 16.2 Å². The van der Waals surface area contributed by atoms with Crippen LogP contribution >= 0.6 is 23.5 Å². The molecule has 0 saturated heterocycles. The molecule has 1 amide bonds. The second kappa shape index (κ2) is 8.91. The first-order chi connectivity index (χ1) is 12.7. The van der Waals surface area contributed by atoms with Gasteiger partial charge in [0.1, 0.15) is 0 Å². The molecular formula is C19H19N3O2S2. The molecule has 7 heteroatoms. The third kappa shape index (κ3) is 4.89. The number of aromatic nitrogens is 2. The van der Waals surface area contributed by atoms with Gasteiger partial charge >= 0.3 is 6.01 Å². The Labute approximate surface area is 161 Å². The van der Waals surface area contributed by atoms with E-state index in [0.29, 0.717) is 17.9 Å². The Morgan fingerprint density at radius 3 is 2.65 bits per heavy atom. The molecule has 0 aliphatic rings. The first-order valence-corrected chi connectivity index (χ1v) is 10.4. The summed E-state index contributed by atoms with van der Waals surface area (Å²) in [6.45, 7) is 2.08. The lowest BCUT2D eigenvalue weighted by molar-refractivity contribution is 0.102. The number of hydrogen-bond donors (Lipinski definition) is 1. The van der Waals surface area contributed by atoms with Crippen LogP contribution in [0.25, 0.3) is 0 Å². The number of carbonyl (C=O) groups is 1. The highest BCUT2D eigenvalue weighted by Crippen LogP contribution is 2.20. The van der Waals surface area contributed by atoms with Crippen LogP contribution in [-0.4, -0.2) is 28.1 Å². The van der Waals surface area contributed by atoms with Gasteiger partial charge in [-0.3, -0.25) is 10.1 Å². The summed E-state index contributed by atoms with van der Waals surface area (Å²) >= 11 is 3.38. The maximum Gasteiger partial charge on any atom is 0.322 e. The second-order valence-electron chi connectivity index (χ2n) is 5.44. The summed E-state index contributed by atoms with van der Waals surface area (Å²) in [6.07, 6.45) is 2.57. The monoisotopic (exact) mass is 385 g/mol. The van der Waals surface area contributed by atoms with Crippen LogP contribution in [0.4, 0.5) is 6.01 Å². The lowest BCUT2D eigenvalue weighted by atomic mass is 10.1. The zero-order valence-electron chi connectivity index (χ0n) is 14.6. The average Bonchev–Trinajstić information content (AvgIpc) is 3.09. The van der Waals surface area contributed by atoms with Crippen LogP contribution in [0.15, 0.2) is 62.7 Å². The lowest BCUT2D eigenvalue weighted by Gasteiger charge is -2.03. The number of thioether (sulfide) groups is 2. The van der Waals surface area contributed by atoms with Gasteiger partial charge < -0.3 is 4.42 Å². The number of carbonyl (C=O) groups excluding carboxylic acids is 1. The number of anilines is 1. The van der Waals surface area contributed by atoms with E-state index in [2.05, 4.69) is 34.6 Å². The van der Waals surface area contributed by atoms with Crippen LogP contribution in [0.5, 0.6) is 0 Å². The summed E-state index contributed by atoms with van der Waals surface area (Å²) in [6, 6.07) is 15.8. The van der Waals surface area contributed by atoms with Gasteiger partial charge in [-0.25, -0.2) is 0 Å². The Morgan fingerprint density at radius 1 is 1.12 bits per heavy atom. The van der Waals surface area contributed by atoms with Gasteiger partial charge in [0.2, 0.25) is 5.89 Å². The minimum Gasteiger partial charge on any atom is -0.407 e. The van der Waals surface area contributed by atoms with Gasteiger partial charge in [0.25, 0.3) is 5.91 Å². The van der Waals surface area contributed by atoms with Crippen LogP contribution in [0.1, 0.15) is 28.7 Å². The van der Waals surface area contributed by atoms with E-state index < -0.39 is 0 Å². The molecule has 1 heterocycles. The summed E-state index contributed by atoms with van der Waals surface area (Å²) in [5, 5.41) is 10.6. The predicted octanol–water partition coefficient (Wildman–Crippen LogP) is 4.75. The molecule has 26 heavy (non-hydrogen) atoms. The fourth-order valence-electron chi connectivity index (χ4n) is 2.36. The van der Waals surface area contributed by atoms with E-state index in [9.17, 15) is 4.79 Å². The zero-order chi connectivity index (χ0) is 18.4. The normalized spacial score (nSPS) is 10.7. The summed E-state index contributed by atoms with van der Waals surface area (Å²) in [7, 11) is 0. The lowest BCUT2D eigenvalue weighted by Crippen LogP contribution is -2.12. The Kier molecular flexibility index (Phi) is 6.35. The van der Waals surface area contributed by atoms with Gasteiger partial charge in [-0.05, 0) is 47.9 Å². The molecule has 0 spiro atoms. The van der Waals surface area contributed by atoms with Crippen LogP contribution < -0.4 is 5.32 Å². The summed E-state index contributed by atoms with van der Waals surface area (Å²) < 4.78 is 5.55. The molecule has 3 aromatic rings. The van der Waals surface area contributed by atoms with Crippen molar-refractivity contribution < 1.29 is 9.21 Å². The van der Waals surface area contributed by atoms with Gasteiger partial charge in [-0.2, -0.15) is 0 Å². The molecule has 0 aliphatic carbocycles. The standard InChI is InChI=1S/C19H19N3O2S2/c1-3-26-16-6-4-5-14(12-16)18(23)20-19-22-21-17(24-19)11-13-7-9-15(25-2)10-8-13/h4-10,12H,3,11H2,1-2H3,(H,20,22,23). The van der Waals surface area contributed by atoms with Crippen LogP contribution in [-0.2, 0) is 6.42 Å². The minimum atomic E-state index is -0.261. The third-order valence-corrected chi connectivity index (χ3v) is 5.23.